The SMILES string of the molecule is COC(C)C(CC(=O)O)NC(=O)CCC(=O)Nc1ccc(C(=N)N)cc1. The molecule has 2 unspecified atom stereocenters. The van der Waals surface area contributed by atoms with Crippen molar-refractivity contribution >= 4 is 29.3 Å². The van der Waals surface area contributed by atoms with Gasteiger partial charge in [-0.25, -0.2) is 0 Å². The van der Waals surface area contributed by atoms with Crippen LogP contribution >= 0.6 is 0 Å². The molecular formula is C17H24N4O5. The zero-order valence-corrected chi connectivity index (χ0v) is 14.7. The normalized spacial score (nSPS) is 12.7. The van der Waals surface area contributed by atoms with E-state index in [9.17, 15) is 14.4 Å². The maximum atomic E-state index is 12.0. The number of aliphatic carboxylic acids is 1. The van der Waals surface area contributed by atoms with Crippen molar-refractivity contribution in [3.05, 3.63) is 29.8 Å². The van der Waals surface area contributed by atoms with E-state index in [4.69, 9.17) is 21.0 Å². The van der Waals surface area contributed by atoms with Crippen molar-refractivity contribution in [2.45, 2.75) is 38.3 Å². The number of hydrogen-bond donors (Lipinski definition) is 5. The molecule has 0 fully saturated rings. The van der Waals surface area contributed by atoms with Gasteiger partial charge in [-0.15, -0.1) is 0 Å². The lowest BCUT2D eigenvalue weighted by atomic mass is 10.1. The molecule has 0 radical (unpaired) electrons. The molecule has 0 spiro atoms. The summed E-state index contributed by atoms with van der Waals surface area (Å²) in [6.45, 7) is 1.66. The highest BCUT2D eigenvalue weighted by Gasteiger charge is 2.22. The van der Waals surface area contributed by atoms with E-state index in [-0.39, 0.29) is 31.0 Å². The number of amidine groups is 1. The van der Waals surface area contributed by atoms with Crippen molar-refractivity contribution in [2.75, 3.05) is 12.4 Å². The zero-order valence-electron chi connectivity index (χ0n) is 14.7. The fourth-order valence-electron chi connectivity index (χ4n) is 2.15. The van der Waals surface area contributed by atoms with Crippen molar-refractivity contribution in [3.63, 3.8) is 0 Å². The molecule has 0 saturated carbocycles. The molecule has 0 saturated heterocycles. The first-order valence-electron chi connectivity index (χ1n) is 8.01. The molecule has 0 bridgehead atoms. The highest BCUT2D eigenvalue weighted by molar-refractivity contribution is 5.96. The number of ether oxygens (including phenoxy) is 1. The molecule has 9 heteroatoms. The second kappa shape index (κ2) is 10.1. The molecule has 9 nitrogen and oxygen atoms in total. The summed E-state index contributed by atoms with van der Waals surface area (Å²) in [5.74, 6) is -1.90. The van der Waals surface area contributed by atoms with Crippen LogP contribution in [0.5, 0.6) is 0 Å². The van der Waals surface area contributed by atoms with Crippen molar-refractivity contribution in [1.82, 2.24) is 5.32 Å². The first-order valence-corrected chi connectivity index (χ1v) is 8.01. The quantitative estimate of drug-likeness (QED) is 0.304. The molecule has 2 atom stereocenters. The number of amides is 2. The van der Waals surface area contributed by atoms with E-state index in [1.165, 1.54) is 7.11 Å². The lowest BCUT2D eigenvalue weighted by Crippen LogP contribution is -2.44. The van der Waals surface area contributed by atoms with Gasteiger partial charge in [0.1, 0.15) is 5.84 Å². The van der Waals surface area contributed by atoms with Gasteiger partial charge in [0.05, 0.1) is 18.6 Å². The van der Waals surface area contributed by atoms with Gasteiger partial charge in [0.25, 0.3) is 0 Å². The Morgan fingerprint density at radius 3 is 2.27 bits per heavy atom. The van der Waals surface area contributed by atoms with Crippen molar-refractivity contribution in [1.29, 1.82) is 5.41 Å². The first-order chi connectivity index (χ1) is 12.2. The smallest absolute Gasteiger partial charge is 0.305 e. The Balaban J connectivity index is 2.48. The van der Waals surface area contributed by atoms with Gasteiger partial charge in [-0.2, -0.15) is 0 Å². The third-order valence-electron chi connectivity index (χ3n) is 3.74. The maximum absolute atomic E-state index is 12.0. The molecule has 2 amide bonds. The van der Waals surface area contributed by atoms with Crippen LogP contribution in [0, 0.1) is 5.41 Å². The summed E-state index contributed by atoms with van der Waals surface area (Å²) in [7, 11) is 1.43. The van der Waals surface area contributed by atoms with Crippen LogP contribution in [0.2, 0.25) is 0 Å². The summed E-state index contributed by atoms with van der Waals surface area (Å²) in [5.41, 5.74) is 6.42. The number of hydrogen-bond acceptors (Lipinski definition) is 5. The molecule has 0 aliphatic heterocycles. The Bertz CT molecular complexity index is 660. The molecule has 6 N–H and O–H groups in total. The number of carbonyl (C=O) groups is 3. The number of carboxylic acid groups (broad SMARTS) is 1. The lowest BCUT2D eigenvalue weighted by Gasteiger charge is -2.22. The minimum atomic E-state index is -1.05. The Hall–Kier alpha value is -2.94. The topological polar surface area (TPSA) is 155 Å². The van der Waals surface area contributed by atoms with Crippen LogP contribution in [0.25, 0.3) is 0 Å². The molecular weight excluding hydrogens is 340 g/mol. The van der Waals surface area contributed by atoms with Gasteiger partial charge in [-0.3, -0.25) is 19.8 Å². The van der Waals surface area contributed by atoms with Crippen LogP contribution in [0.1, 0.15) is 31.7 Å². The molecule has 1 rings (SSSR count). The van der Waals surface area contributed by atoms with Crippen LogP contribution in [0.3, 0.4) is 0 Å². The van der Waals surface area contributed by atoms with Crippen LogP contribution in [-0.2, 0) is 19.1 Å². The number of anilines is 1. The van der Waals surface area contributed by atoms with E-state index < -0.39 is 24.0 Å². The van der Waals surface area contributed by atoms with E-state index in [1.807, 2.05) is 0 Å². The number of methoxy groups -OCH3 is 1. The molecule has 142 valence electrons. The minimum absolute atomic E-state index is 0.0541. The van der Waals surface area contributed by atoms with Crippen molar-refractivity contribution in [2.24, 2.45) is 5.73 Å². The highest BCUT2D eigenvalue weighted by Crippen LogP contribution is 2.10. The Kier molecular flexibility index (Phi) is 8.23. The van der Waals surface area contributed by atoms with Gasteiger partial charge in [0.2, 0.25) is 11.8 Å². The van der Waals surface area contributed by atoms with Gasteiger partial charge in [0, 0.05) is 31.2 Å². The minimum Gasteiger partial charge on any atom is -0.481 e. The van der Waals surface area contributed by atoms with Crippen LogP contribution in [-0.4, -0.2) is 48.0 Å². The van der Waals surface area contributed by atoms with E-state index in [0.717, 1.165) is 0 Å². The summed E-state index contributed by atoms with van der Waals surface area (Å²) in [6, 6.07) is 5.75. The largest absolute Gasteiger partial charge is 0.481 e. The third-order valence-corrected chi connectivity index (χ3v) is 3.74. The standard InChI is InChI=1S/C17H24N4O5/c1-10(26-2)13(9-16(24)25)21-15(23)8-7-14(22)20-12-5-3-11(4-6-12)17(18)19/h3-6,10,13H,7-9H2,1-2H3,(H3,18,19)(H,20,22)(H,21,23)(H,24,25). The average molecular weight is 364 g/mol. The van der Waals surface area contributed by atoms with Crippen LogP contribution < -0.4 is 16.4 Å². The maximum Gasteiger partial charge on any atom is 0.305 e. The Morgan fingerprint density at radius 2 is 1.77 bits per heavy atom. The monoisotopic (exact) mass is 364 g/mol. The fraction of sp³-hybridized carbons (Fsp3) is 0.412. The number of carboxylic acids is 1. The molecule has 0 aliphatic carbocycles. The third kappa shape index (κ3) is 7.31. The summed E-state index contributed by atoms with van der Waals surface area (Å²) < 4.78 is 5.06. The summed E-state index contributed by atoms with van der Waals surface area (Å²) in [4.78, 5) is 34.7. The molecule has 0 aliphatic rings. The van der Waals surface area contributed by atoms with E-state index in [0.29, 0.717) is 11.3 Å². The van der Waals surface area contributed by atoms with Gasteiger partial charge in [-0.05, 0) is 31.2 Å². The van der Waals surface area contributed by atoms with Crippen LogP contribution in [0.4, 0.5) is 5.69 Å². The molecule has 26 heavy (non-hydrogen) atoms. The van der Waals surface area contributed by atoms with Crippen molar-refractivity contribution < 1.29 is 24.2 Å². The number of rotatable bonds is 10. The summed E-state index contributed by atoms with van der Waals surface area (Å²) >= 11 is 0. The first kappa shape index (κ1) is 21.1. The average Bonchev–Trinajstić information content (AvgIpc) is 2.58. The molecule has 0 heterocycles. The predicted molar refractivity (Wildman–Crippen MR) is 96.0 cm³/mol. The predicted octanol–water partition coefficient (Wildman–Crippen LogP) is 0.684. The van der Waals surface area contributed by atoms with E-state index in [2.05, 4.69) is 10.6 Å². The lowest BCUT2D eigenvalue weighted by molar-refractivity contribution is -0.139. The number of benzene rings is 1. The van der Waals surface area contributed by atoms with Gasteiger partial charge >= 0.3 is 5.97 Å². The highest BCUT2D eigenvalue weighted by atomic mass is 16.5. The van der Waals surface area contributed by atoms with E-state index in [1.54, 1.807) is 31.2 Å². The molecule has 1 aromatic carbocycles. The molecule has 0 aromatic heterocycles. The van der Waals surface area contributed by atoms with E-state index >= 15 is 0 Å². The number of nitrogens with two attached hydrogens (primary N) is 1. The van der Waals surface area contributed by atoms with Gasteiger partial charge in [0.15, 0.2) is 0 Å². The van der Waals surface area contributed by atoms with Crippen molar-refractivity contribution in [3.8, 4) is 0 Å². The number of carbonyl (C=O) groups excluding carboxylic acids is 2. The van der Waals surface area contributed by atoms with Gasteiger partial charge in [-0.1, -0.05) is 0 Å². The van der Waals surface area contributed by atoms with Gasteiger partial charge < -0.3 is 26.2 Å². The second-order valence-electron chi connectivity index (χ2n) is 5.75. The van der Waals surface area contributed by atoms with Crippen LogP contribution in [0.15, 0.2) is 24.3 Å². The number of nitrogen functional groups attached to an aromatic ring is 1. The summed E-state index contributed by atoms with van der Waals surface area (Å²) in [5, 5.41) is 21.4. The Morgan fingerprint density at radius 1 is 1.19 bits per heavy atom. The zero-order chi connectivity index (χ0) is 19.7. The number of nitrogens with one attached hydrogen (secondary N) is 3. The second-order valence-corrected chi connectivity index (χ2v) is 5.75. The molecule has 1 aromatic rings. The fourth-order valence-corrected chi connectivity index (χ4v) is 2.15. The summed E-state index contributed by atoms with van der Waals surface area (Å²) in [6.07, 6.45) is -0.871. The Labute approximate surface area is 151 Å².